The first-order valence-corrected chi connectivity index (χ1v) is 4.37. The van der Waals surface area contributed by atoms with E-state index in [1.807, 2.05) is 13.8 Å². The lowest BCUT2D eigenvalue weighted by atomic mass is 9.77. The summed E-state index contributed by atoms with van der Waals surface area (Å²) in [4.78, 5) is 10.9. The summed E-state index contributed by atoms with van der Waals surface area (Å²) in [6.45, 7) is 4.59. The Bertz CT molecular complexity index is 168. The van der Waals surface area contributed by atoms with Crippen molar-refractivity contribution in [1.29, 1.82) is 0 Å². The van der Waals surface area contributed by atoms with E-state index in [1.165, 1.54) is 0 Å². The Kier molecular flexibility index (Phi) is 4.95. The molecule has 78 valence electrons. The summed E-state index contributed by atoms with van der Waals surface area (Å²) >= 11 is 0. The number of ether oxygens (including phenoxy) is 1. The Morgan fingerprint density at radius 3 is 2.46 bits per heavy atom. The maximum absolute atomic E-state index is 10.9. The fourth-order valence-electron chi connectivity index (χ4n) is 1.49. The SMILES string of the molecule is COCC(C)(C)C(CCN)C(=O)O. The number of hydrogen-bond acceptors (Lipinski definition) is 3. The Morgan fingerprint density at radius 2 is 2.15 bits per heavy atom. The highest BCUT2D eigenvalue weighted by molar-refractivity contribution is 5.71. The minimum atomic E-state index is -0.799. The van der Waals surface area contributed by atoms with Crippen molar-refractivity contribution in [2.24, 2.45) is 17.1 Å². The summed E-state index contributed by atoms with van der Waals surface area (Å²) in [5, 5.41) is 8.96. The predicted molar refractivity (Wildman–Crippen MR) is 50.5 cm³/mol. The maximum Gasteiger partial charge on any atom is 0.307 e. The van der Waals surface area contributed by atoms with E-state index in [-0.39, 0.29) is 5.41 Å². The van der Waals surface area contributed by atoms with Crippen molar-refractivity contribution in [2.75, 3.05) is 20.3 Å². The van der Waals surface area contributed by atoms with Crippen LogP contribution in [0.15, 0.2) is 0 Å². The summed E-state index contributed by atoms with van der Waals surface area (Å²) in [6, 6.07) is 0. The average Bonchev–Trinajstić information content (AvgIpc) is 1.99. The Hall–Kier alpha value is -0.610. The molecule has 0 aliphatic carbocycles. The molecule has 0 aliphatic rings. The molecular weight excluding hydrogens is 170 g/mol. The number of carbonyl (C=O) groups is 1. The normalized spacial score (nSPS) is 14.2. The molecule has 4 heteroatoms. The van der Waals surface area contributed by atoms with E-state index in [1.54, 1.807) is 7.11 Å². The minimum Gasteiger partial charge on any atom is -0.481 e. The number of nitrogens with two attached hydrogens (primary N) is 1. The molecular formula is C9H19NO3. The molecule has 0 aromatic carbocycles. The fourth-order valence-corrected chi connectivity index (χ4v) is 1.49. The second-order valence-corrected chi connectivity index (χ2v) is 3.89. The van der Waals surface area contributed by atoms with Gasteiger partial charge < -0.3 is 15.6 Å². The number of carboxylic acids is 1. The van der Waals surface area contributed by atoms with Crippen LogP contribution in [-0.4, -0.2) is 31.3 Å². The molecule has 0 saturated carbocycles. The highest BCUT2D eigenvalue weighted by atomic mass is 16.5. The largest absolute Gasteiger partial charge is 0.481 e. The number of rotatable bonds is 6. The van der Waals surface area contributed by atoms with Crippen molar-refractivity contribution in [2.45, 2.75) is 20.3 Å². The van der Waals surface area contributed by atoms with Crippen LogP contribution in [0.3, 0.4) is 0 Å². The van der Waals surface area contributed by atoms with Gasteiger partial charge in [-0.2, -0.15) is 0 Å². The van der Waals surface area contributed by atoms with Gasteiger partial charge in [-0.15, -0.1) is 0 Å². The molecule has 0 saturated heterocycles. The van der Waals surface area contributed by atoms with Gasteiger partial charge in [-0.1, -0.05) is 13.8 Å². The van der Waals surface area contributed by atoms with Crippen LogP contribution in [0.5, 0.6) is 0 Å². The molecule has 0 fully saturated rings. The number of aliphatic carboxylic acids is 1. The van der Waals surface area contributed by atoms with Crippen molar-refractivity contribution < 1.29 is 14.6 Å². The van der Waals surface area contributed by atoms with Gasteiger partial charge in [0.1, 0.15) is 0 Å². The lowest BCUT2D eigenvalue weighted by Gasteiger charge is -2.30. The van der Waals surface area contributed by atoms with E-state index in [2.05, 4.69) is 0 Å². The van der Waals surface area contributed by atoms with Crippen molar-refractivity contribution in [1.82, 2.24) is 0 Å². The number of hydrogen-bond donors (Lipinski definition) is 2. The van der Waals surface area contributed by atoms with Gasteiger partial charge in [-0.25, -0.2) is 0 Å². The van der Waals surface area contributed by atoms with Crippen LogP contribution >= 0.6 is 0 Å². The lowest BCUT2D eigenvalue weighted by Crippen LogP contribution is -2.36. The third-order valence-corrected chi connectivity index (χ3v) is 2.21. The first kappa shape index (κ1) is 12.4. The van der Waals surface area contributed by atoms with E-state index in [0.717, 1.165) is 0 Å². The van der Waals surface area contributed by atoms with E-state index < -0.39 is 11.9 Å². The fraction of sp³-hybridized carbons (Fsp3) is 0.889. The molecule has 13 heavy (non-hydrogen) atoms. The van der Waals surface area contributed by atoms with Gasteiger partial charge in [0.2, 0.25) is 0 Å². The highest BCUT2D eigenvalue weighted by Gasteiger charge is 2.34. The van der Waals surface area contributed by atoms with Crippen LogP contribution in [0.4, 0.5) is 0 Å². The van der Waals surface area contributed by atoms with Crippen molar-refractivity contribution in [3.63, 3.8) is 0 Å². The summed E-state index contributed by atoms with van der Waals surface area (Å²) in [6.07, 6.45) is 0.492. The van der Waals surface area contributed by atoms with E-state index in [9.17, 15) is 4.79 Å². The van der Waals surface area contributed by atoms with Crippen LogP contribution in [0.25, 0.3) is 0 Å². The molecule has 4 nitrogen and oxygen atoms in total. The Labute approximate surface area is 79.1 Å². The standard InChI is InChI=1S/C9H19NO3/c1-9(2,6-13-3)7(4-5-10)8(11)12/h7H,4-6,10H2,1-3H3,(H,11,12). The molecule has 0 bridgehead atoms. The molecule has 0 amide bonds. The summed E-state index contributed by atoms with van der Waals surface area (Å²) < 4.78 is 4.98. The highest BCUT2D eigenvalue weighted by Crippen LogP contribution is 2.29. The monoisotopic (exact) mass is 189 g/mol. The van der Waals surface area contributed by atoms with Gasteiger partial charge in [0, 0.05) is 12.5 Å². The van der Waals surface area contributed by atoms with E-state index in [4.69, 9.17) is 15.6 Å². The van der Waals surface area contributed by atoms with Crippen LogP contribution in [-0.2, 0) is 9.53 Å². The van der Waals surface area contributed by atoms with Crippen LogP contribution in [0, 0.1) is 11.3 Å². The van der Waals surface area contributed by atoms with Gasteiger partial charge in [0.25, 0.3) is 0 Å². The zero-order valence-electron chi connectivity index (χ0n) is 8.54. The van der Waals surface area contributed by atoms with Crippen LogP contribution in [0.2, 0.25) is 0 Å². The van der Waals surface area contributed by atoms with Gasteiger partial charge in [-0.3, -0.25) is 4.79 Å². The van der Waals surface area contributed by atoms with Gasteiger partial charge in [0.05, 0.1) is 12.5 Å². The second-order valence-electron chi connectivity index (χ2n) is 3.89. The number of carboxylic acid groups (broad SMARTS) is 1. The lowest BCUT2D eigenvalue weighted by molar-refractivity contribution is -0.147. The molecule has 1 atom stereocenters. The molecule has 0 spiro atoms. The Balaban J connectivity index is 4.41. The zero-order chi connectivity index (χ0) is 10.5. The maximum atomic E-state index is 10.9. The molecule has 0 aromatic heterocycles. The van der Waals surface area contributed by atoms with Gasteiger partial charge in [0.15, 0.2) is 0 Å². The minimum absolute atomic E-state index is 0.361. The van der Waals surface area contributed by atoms with E-state index in [0.29, 0.717) is 19.6 Å². The third-order valence-electron chi connectivity index (χ3n) is 2.21. The van der Waals surface area contributed by atoms with Gasteiger partial charge >= 0.3 is 5.97 Å². The topological polar surface area (TPSA) is 72.5 Å². The van der Waals surface area contributed by atoms with Crippen LogP contribution in [0.1, 0.15) is 20.3 Å². The van der Waals surface area contributed by atoms with Gasteiger partial charge in [-0.05, 0) is 13.0 Å². The van der Waals surface area contributed by atoms with Crippen molar-refractivity contribution in [3.05, 3.63) is 0 Å². The van der Waals surface area contributed by atoms with Crippen molar-refractivity contribution >= 4 is 5.97 Å². The molecule has 0 rings (SSSR count). The molecule has 0 aliphatic heterocycles. The second kappa shape index (κ2) is 5.19. The summed E-state index contributed by atoms with van der Waals surface area (Å²) in [7, 11) is 1.57. The summed E-state index contributed by atoms with van der Waals surface area (Å²) in [5.41, 5.74) is 4.99. The predicted octanol–water partition coefficient (Wildman–Crippen LogP) is 0.709. The third kappa shape index (κ3) is 3.74. The molecule has 0 radical (unpaired) electrons. The molecule has 3 N–H and O–H groups in total. The van der Waals surface area contributed by atoms with Crippen molar-refractivity contribution in [3.8, 4) is 0 Å². The Morgan fingerprint density at radius 1 is 1.62 bits per heavy atom. The summed E-state index contributed by atoms with van der Waals surface area (Å²) in [5.74, 6) is -1.23. The number of methoxy groups -OCH3 is 1. The quantitative estimate of drug-likeness (QED) is 0.645. The average molecular weight is 189 g/mol. The van der Waals surface area contributed by atoms with Crippen LogP contribution < -0.4 is 5.73 Å². The smallest absolute Gasteiger partial charge is 0.307 e. The zero-order valence-corrected chi connectivity index (χ0v) is 8.54. The molecule has 1 unspecified atom stereocenters. The molecule has 0 heterocycles. The first-order valence-electron chi connectivity index (χ1n) is 4.37. The van der Waals surface area contributed by atoms with E-state index >= 15 is 0 Å². The first-order chi connectivity index (χ1) is 5.95. The molecule has 0 aromatic rings.